The van der Waals surface area contributed by atoms with Crippen molar-refractivity contribution >= 4 is 182 Å². The minimum Gasteiger partial charge on any atom is -0.480 e. The maximum absolute atomic E-state index is 15.5. The molecule has 56 heteroatoms. The number of nitrogens with zero attached hydrogens (tertiary/aromatic N) is 4. The summed E-state index contributed by atoms with van der Waals surface area (Å²) in [4.78, 5) is 276. The van der Waals surface area contributed by atoms with E-state index in [9.17, 15) is 29.1 Å². The number of guanidine groups is 5. The highest BCUT2D eigenvalue weighted by atomic mass is 32.2. The number of para-hydroxylation sites is 1. The zero-order valence-electron chi connectivity index (χ0n) is 83.6. The van der Waals surface area contributed by atoms with E-state index in [4.69, 9.17) is 67.2 Å². The van der Waals surface area contributed by atoms with E-state index in [0.717, 1.165) is 35.3 Å². The van der Waals surface area contributed by atoms with Crippen molar-refractivity contribution in [2.45, 2.75) is 241 Å². The van der Waals surface area contributed by atoms with Gasteiger partial charge in [-0.05, 0) is 119 Å². The summed E-state index contributed by atoms with van der Waals surface area (Å²) < 4.78 is 0. The van der Waals surface area contributed by atoms with Gasteiger partial charge in [-0.25, -0.2) is 4.79 Å². The lowest BCUT2D eigenvalue weighted by Gasteiger charge is -2.42. The first-order valence-corrected chi connectivity index (χ1v) is 52.6. The second-order valence-electron chi connectivity index (χ2n) is 37.2. The predicted octanol–water partition coefficient (Wildman–Crippen LogP) is -6.77. The van der Waals surface area contributed by atoms with Crippen LogP contribution >= 0.6 is 35.3 Å². The number of aliphatic carboxylic acids is 1. The number of benzene rings is 2. The number of carboxylic acid groups (broad SMARTS) is 1. The number of amides is 17. The summed E-state index contributed by atoms with van der Waals surface area (Å²) in [5, 5.41) is 95.4. The molecule has 53 nitrogen and oxygen atoms in total. The van der Waals surface area contributed by atoms with Gasteiger partial charge in [0.25, 0.3) is 0 Å². The molecule has 4 bridgehead atoms. The Morgan fingerprint density at radius 3 is 1.43 bits per heavy atom. The number of H-pyrrole nitrogens is 1. The van der Waals surface area contributed by atoms with Gasteiger partial charge < -0.3 is 160 Å². The van der Waals surface area contributed by atoms with E-state index in [1.165, 1.54) is 19.6 Å². The number of hydrogen-bond donors (Lipinski definition) is 31. The second kappa shape index (κ2) is 62.1. The fourth-order valence-corrected chi connectivity index (χ4v) is 19.4. The molecule has 4 fully saturated rings. The number of nitrogens with two attached hydrogens (primary N) is 7. The lowest BCUT2D eigenvalue weighted by atomic mass is 10.0. The lowest BCUT2D eigenvalue weighted by Crippen LogP contribution is -2.61. The smallest absolute Gasteiger partial charge is 0.326 e. The largest absolute Gasteiger partial charge is 0.480 e. The van der Waals surface area contributed by atoms with E-state index in [2.05, 4.69) is 95.4 Å². The quantitative estimate of drug-likeness (QED) is 0.0145. The second-order valence-corrected chi connectivity index (χ2v) is 40.6. The molecule has 7 rings (SSSR count). The normalized spacial score (nSPS) is 22.4. The zero-order valence-corrected chi connectivity index (χ0v) is 86.1. The van der Waals surface area contributed by atoms with Crippen molar-refractivity contribution in [1.29, 1.82) is 27.0 Å². The number of carbonyl (C=O) groups is 18. The van der Waals surface area contributed by atoms with Crippen molar-refractivity contribution in [3.63, 3.8) is 0 Å². The van der Waals surface area contributed by atoms with Crippen LogP contribution < -0.4 is 131 Å². The number of aromatic amines is 1. The SMILES string of the molecule is CC(C)C[C@@H]1NC(=O)[C@H](CC(N)=O)NC(=O)[C@H](CCCNC(=N)N)NC(=O)[C@@H]2CSCCC(=O)N3CN(CN(C3)C(=O)CCSC[C@H](NC(=O)[C@@H](N)CCCNC(=N)N)C(=O)N[C@@H](Cc3ccccc3)C(=O)N[C@@H](CCCNC(=N)N)C(=O)N[C@@H](CC(C)C)C(=O)N3CCC[C@H]3C(=O)N2)C(=O)CCSC[C@@H](C(=O)N[C@@H](CCCNC(=N)N)C(=O)N[C@@H](Cc2c[nH]c3ccccc23)C(=O)O)NC(=O)[C@H](CCCNC(=N)N)NC1=O. The van der Waals surface area contributed by atoms with Crippen molar-refractivity contribution in [2.24, 2.45) is 52.0 Å². The van der Waals surface area contributed by atoms with Crippen LogP contribution in [0.4, 0.5) is 0 Å². The number of hydrogen-bond acceptors (Lipinski definition) is 27. The average molecular weight is 2130 g/mol. The van der Waals surface area contributed by atoms with Crippen LogP contribution in [0.15, 0.2) is 60.8 Å². The van der Waals surface area contributed by atoms with Crippen LogP contribution in [0.25, 0.3) is 10.9 Å². The zero-order chi connectivity index (χ0) is 109. The number of primary amides is 1. The fourth-order valence-electron chi connectivity index (χ4n) is 16.6. The Balaban J connectivity index is 1.37. The molecule has 816 valence electrons. The molecule has 4 saturated heterocycles. The summed E-state index contributed by atoms with van der Waals surface area (Å²) in [6.07, 6.45) is -2.05. The van der Waals surface area contributed by atoms with Gasteiger partial charge in [0.1, 0.15) is 78.5 Å². The topological polar surface area (TPSA) is 862 Å². The molecular weight excluding hydrogens is 1980 g/mol. The number of carbonyl (C=O) groups excluding carboxylic acids is 17. The summed E-state index contributed by atoms with van der Waals surface area (Å²) >= 11 is 2.84. The summed E-state index contributed by atoms with van der Waals surface area (Å²) in [6.45, 7) is 5.34. The molecule has 0 aliphatic carbocycles. The van der Waals surface area contributed by atoms with Gasteiger partial charge in [0.2, 0.25) is 100 Å². The molecule has 0 spiro atoms. The van der Waals surface area contributed by atoms with Gasteiger partial charge in [0.15, 0.2) is 29.8 Å². The van der Waals surface area contributed by atoms with Crippen LogP contribution in [-0.4, -0.2) is 344 Å². The molecule has 148 heavy (non-hydrogen) atoms. The van der Waals surface area contributed by atoms with E-state index >= 15 is 62.3 Å². The van der Waals surface area contributed by atoms with E-state index in [1.807, 2.05) is 0 Å². The van der Waals surface area contributed by atoms with Crippen LogP contribution in [0, 0.1) is 38.9 Å². The van der Waals surface area contributed by atoms with E-state index < -0.39 is 272 Å². The Bertz CT molecular complexity index is 5140. The third-order valence-corrected chi connectivity index (χ3v) is 27.4. The number of nitrogens with one attached hydrogen (secondary N) is 23. The van der Waals surface area contributed by atoms with Gasteiger partial charge >= 0.3 is 5.97 Å². The first kappa shape index (κ1) is 121. The molecule has 0 radical (unpaired) electrons. The van der Waals surface area contributed by atoms with Gasteiger partial charge in [0.05, 0.1) is 32.5 Å². The number of aromatic nitrogens is 1. The summed E-state index contributed by atoms with van der Waals surface area (Å²) in [7, 11) is 0. The van der Waals surface area contributed by atoms with Crippen molar-refractivity contribution in [1.82, 2.24) is 115 Å². The van der Waals surface area contributed by atoms with Gasteiger partial charge in [-0.1, -0.05) is 76.2 Å². The third-order valence-electron chi connectivity index (χ3n) is 24.2. The molecule has 14 atom stereocenters. The highest BCUT2D eigenvalue weighted by Gasteiger charge is 2.44. The molecular formula is C92H146N34O19S3. The predicted molar refractivity (Wildman–Crippen MR) is 555 cm³/mol. The van der Waals surface area contributed by atoms with E-state index in [-0.39, 0.29) is 183 Å². The molecule has 17 amide bonds. The lowest BCUT2D eigenvalue weighted by molar-refractivity contribution is -0.158. The average Bonchev–Trinajstić information content (AvgIpc) is 1.46. The molecule has 4 aliphatic rings. The first-order chi connectivity index (χ1) is 70.3. The number of rotatable bonds is 37. The van der Waals surface area contributed by atoms with Crippen molar-refractivity contribution < 1.29 is 91.4 Å². The Kier molecular flexibility index (Phi) is 50.6. The highest BCUT2D eigenvalue weighted by Crippen LogP contribution is 2.26. The van der Waals surface area contributed by atoms with Crippen molar-refractivity contribution in [2.75, 3.05) is 93.8 Å². The standard InChI is InChI=1S/C92H146N34O19S3/c1-50(2)38-61-79(136)111-60(24-14-33-109-92(103)104)78(135)121-67(82(139)114-59(23-13-32-108-91(101)102)77(134)119-65(87(144)145)41-53-43-110-56-20-9-8-18-54(53)56)45-147-36-27-72(129)124-47-123-48-125(49-124)73(130)28-37-148-46-68(83(140)113-57(21-11-30-106-89(97)98)75(132)117-63(42-70(94)127)81(138)115-61)122-85(142)69-25-15-34-126(69)86(143)64(39-51(3)4)118-76(133)58(22-12-31-107-90(99)100)112-80(137)62(40-52-16-6-5-7-17-52)116-84(141)66(44-146-35-26-71(123)128)120-74(131)55(93)19-10-29-105-88(95)96/h5-9,16-18,20,43,50-51,55,57-69,110H,10-15,19,21-42,44-49,93H2,1-4H3,(H2,94,127)(H,111,136)(H,112,137)(H,113,140)(H,114,139)(H,115,138)(H,116,141)(H,117,132)(H,118,133)(H,119,134)(H,120,131)(H,121,135)(H,122,142)(H,144,145)(H4,95,96,105)(H4,97,98,106)(H4,99,100,107)(H4,101,102,108)(H4,103,104,109)/t55-,57-,58-,59-,60-,61-,62-,63-,64-,65-,66-,67-,68-,69-/m0/s1. The third kappa shape index (κ3) is 42.0. The number of fused-ring (bicyclic) bond motifs is 9. The van der Waals surface area contributed by atoms with E-state index in [0.29, 0.717) is 22.0 Å². The minimum absolute atomic E-state index is 0.00463. The molecule has 5 heterocycles. The molecule has 0 saturated carbocycles. The molecule has 0 unspecified atom stereocenters. The van der Waals surface area contributed by atoms with Gasteiger partial charge in [-0.3, -0.25) is 109 Å². The van der Waals surface area contributed by atoms with Crippen LogP contribution in [0.5, 0.6) is 0 Å². The minimum atomic E-state index is -1.96. The van der Waals surface area contributed by atoms with E-state index in [1.54, 1.807) is 88.5 Å². The van der Waals surface area contributed by atoms with Crippen LogP contribution in [-0.2, 0) is 99.1 Å². The van der Waals surface area contributed by atoms with Gasteiger partial charge in [0, 0.05) is 123 Å². The molecule has 4 aliphatic heterocycles. The van der Waals surface area contributed by atoms with Gasteiger partial charge in [-0.2, -0.15) is 35.3 Å². The van der Waals surface area contributed by atoms with Crippen LogP contribution in [0.1, 0.15) is 154 Å². The highest BCUT2D eigenvalue weighted by molar-refractivity contribution is 7.99. The monoisotopic (exact) mass is 2130 g/mol. The number of carboxylic acids is 1. The Hall–Kier alpha value is -14.2. The summed E-state index contributed by atoms with van der Waals surface area (Å²) in [6, 6.07) is -6.95. The molecule has 38 N–H and O–H groups in total. The van der Waals surface area contributed by atoms with Crippen LogP contribution in [0.2, 0.25) is 0 Å². The molecule has 1 aromatic heterocycles. The fraction of sp³-hybridized carbons (Fsp3) is 0.598. The molecule has 2 aromatic carbocycles. The van der Waals surface area contributed by atoms with Crippen molar-refractivity contribution in [3.8, 4) is 0 Å². The number of thioether (sulfide) groups is 3. The Morgan fingerprint density at radius 1 is 0.466 bits per heavy atom. The summed E-state index contributed by atoms with van der Waals surface area (Å²) in [5.74, 6) is -22.2. The van der Waals surface area contributed by atoms with Crippen molar-refractivity contribution in [3.05, 3.63) is 71.9 Å². The first-order valence-electron chi connectivity index (χ1n) is 49.1. The van der Waals surface area contributed by atoms with Gasteiger partial charge in [-0.15, -0.1) is 0 Å². The maximum Gasteiger partial charge on any atom is 0.326 e. The van der Waals surface area contributed by atoms with Crippen LogP contribution in [0.3, 0.4) is 0 Å². The maximum atomic E-state index is 15.5. The summed E-state index contributed by atoms with van der Waals surface area (Å²) in [5.41, 5.74) is 42.0. The Labute approximate surface area is 869 Å². The molecule has 3 aromatic rings. The Morgan fingerprint density at radius 2 is 0.905 bits per heavy atom.